The number of hydrogen-bond acceptors (Lipinski definition) is 4. The first-order chi connectivity index (χ1) is 11.9. The van der Waals surface area contributed by atoms with E-state index >= 15 is 0 Å². The van der Waals surface area contributed by atoms with Crippen LogP contribution < -0.4 is 0 Å². The molecular formula is C21H34O4. The Morgan fingerprint density at radius 2 is 1.32 bits per heavy atom. The molecule has 0 radical (unpaired) electrons. The zero-order valence-corrected chi connectivity index (χ0v) is 16.1. The average molecular weight is 350 g/mol. The fourth-order valence-corrected chi connectivity index (χ4v) is 3.98. The summed E-state index contributed by atoms with van der Waals surface area (Å²) >= 11 is 0. The number of esters is 2. The third kappa shape index (κ3) is 6.48. The van der Waals surface area contributed by atoms with E-state index in [1.54, 1.807) is 0 Å². The largest absolute Gasteiger partial charge is 0.459 e. The molecule has 0 bridgehead atoms. The zero-order chi connectivity index (χ0) is 18.3. The first kappa shape index (κ1) is 20.0. The van der Waals surface area contributed by atoms with Crippen LogP contribution in [0, 0.1) is 11.3 Å². The molecule has 2 aliphatic carbocycles. The molecule has 2 rings (SSSR count). The number of carbonyl (C=O) groups is 2. The molecule has 0 heterocycles. The summed E-state index contributed by atoms with van der Waals surface area (Å²) in [5.41, 5.74) is 0.359. The van der Waals surface area contributed by atoms with E-state index < -0.39 is 11.9 Å². The Labute approximate surface area is 152 Å². The van der Waals surface area contributed by atoms with Gasteiger partial charge in [-0.25, -0.2) is 9.59 Å². The molecule has 0 N–H and O–H groups in total. The summed E-state index contributed by atoms with van der Waals surface area (Å²) in [6.45, 7) is 6.89. The summed E-state index contributed by atoms with van der Waals surface area (Å²) in [4.78, 5) is 23.7. The molecule has 0 saturated heterocycles. The van der Waals surface area contributed by atoms with E-state index in [1.807, 2.05) is 0 Å². The van der Waals surface area contributed by atoms with Gasteiger partial charge in [0.05, 0.1) is 0 Å². The molecule has 4 nitrogen and oxygen atoms in total. The standard InChI is InChI=1S/C21H34O4/c1-4-21(2,3)16-10-12-18(13-11-16)25-20(23)15-14-19(22)24-17-8-6-5-7-9-17/h14-18H,4-13H2,1-3H3/b15-14+. The Hall–Kier alpha value is -1.32. The highest BCUT2D eigenvalue weighted by Crippen LogP contribution is 2.41. The molecule has 0 atom stereocenters. The number of rotatable bonds is 6. The van der Waals surface area contributed by atoms with Crippen LogP contribution in [0.4, 0.5) is 0 Å². The monoisotopic (exact) mass is 350 g/mol. The van der Waals surface area contributed by atoms with Crippen molar-refractivity contribution >= 4 is 11.9 Å². The van der Waals surface area contributed by atoms with Crippen LogP contribution in [0.1, 0.15) is 85.0 Å². The van der Waals surface area contributed by atoms with E-state index in [4.69, 9.17) is 9.47 Å². The minimum Gasteiger partial charge on any atom is -0.459 e. The lowest BCUT2D eigenvalue weighted by Crippen LogP contribution is -2.31. The maximum Gasteiger partial charge on any atom is 0.331 e. The molecule has 142 valence electrons. The van der Waals surface area contributed by atoms with Gasteiger partial charge in [0.15, 0.2) is 0 Å². The van der Waals surface area contributed by atoms with Gasteiger partial charge in [0.2, 0.25) is 0 Å². The lowest BCUT2D eigenvalue weighted by Gasteiger charge is -2.38. The van der Waals surface area contributed by atoms with Crippen LogP contribution in [0.2, 0.25) is 0 Å². The van der Waals surface area contributed by atoms with Crippen molar-refractivity contribution in [1.29, 1.82) is 0 Å². The average Bonchev–Trinajstić information content (AvgIpc) is 2.61. The molecule has 0 aromatic rings. The Morgan fingerprint density at radius 1 is 0.840 bits per heavy atom. The van der Waals surface area contributed by atoms with Crippen molar-refractivity contribution in [3.05, 3.63) is 12.2 Å². The second-order valence-corrected chi connectivity index (χ2v) is 8.28. The Bertz CT molecular complexity index is 466. The topological polar surface area (TPSA) is 52.6 Å². The summed E-state index contributed by atoms with van der Waals surface area (Å²) in [5, 5.41) is 0. The van der Waals surface area contributed by atoms with E-state index in [-0.39, 0.29) is 12.2 Å². The minimum absolute atomic E-state index is 0.0131. The Morgan fingerprint density at radius 3 is 1.80 bits per heavy atom. The van der Waals surface area contributed by atoms with E-state index in [2.05, 4.69) is 20.8 Å². The highest BCUT2D eigenvalue weighted by Gasteiger charge is 2.32. The van der Waals surface area contributed by atoms with Crippen LogP contribution in [-0.2, 0) is 19.1 Å². The fraction of sp³-hybridized carbons (Fsp3) is 0.810. The second kappa shape index (κ2) is 9.40. The summed E-state index contributed by atoms with van der Waals surface area (Å²) in [6.07, 6.45) is 12.9. The molecule has 0 aromatic heterocycles. The smallest absolute Gasteiger partial charge is 0.331 e. The van der Waals surface area contributed by atoms with Gasteiger partial charge < -0.3 is 9.47 Å². The SMILES string of the molecule is CCC(C)(C)C1CCC(OC(=O)/C=C/C(=O)OC2CCCCC2)CC1. The molecule has 2 saturated carbocycles. The first-order valence-corrected chi connectivity index (χ1v) is 10.00. The molecule has 2 aliphatic rings. The second-order valence-electron chi connectivity index (χ2n) is 8.28. The van der Waals surface area contributed by atoms with Crippen molar-refractivity contribution in [2.24, 2.45) is 11.3 Å². The van der Waals surface area contributed by atoms with Crippen molar-refractivity contribution in [3.63, 3.8) is 0 Å². The van der Waals surface area contributed by atoms with Crippen molar-refractivity contribution < 1.29 is 19.1 Å². The van der Waals surface area contributed by atoms with Crippen LogP contribution in [0.15, 0.2) is 12.2 Å². The molecule has 2 fully saturated rings. The van der Waals surface area contributed by atoms with E-state index in [9.17, 15) is 9.59 Å². The van der Waals surface area contributed by atoms with Gasteiger partial charge >= 0.3 is 11.9 Å². The summed E-state index contributed by atoms with van der Waals surface area (Å²) in [5.74, 6) is -0.162. The fourth-order valence-electron chi connectivity index (χ4n) is 3.98. The molecule has 0 unspecified atom stereocenters. The summed E-state index contributed by atoms with van der Waals surface area (Å²) < 4.78 is 10.9. The van der Waals surface area contributed by atoms with Crippen molar-refractivity contribution in [2.45, 2.75) is 97.2 Å². The molecule has 0 aromatic carbocycles. The van der Waals surface area contributed by atoms with E-state index in [0.29, 0.717) is 11.3 Å². The first-order valence-electron chi connectivity index (χ1n) is 10.00. The molecule has 25 heavy (non-hydrogen) atoms. The Balaban J connectivity index is 1.69. The van der Waals surface area contributed by atoms with E-state index in [0.717, 1.165) is 51.4 Å². The molecule has 0 spiro atoms. The van der Waals surface area contributed by atoms with Crippen LogP contribution in [0.25, 0.3) is 0 Å². The molecule has 4 heteroatoms. The predicted octanol–water partition coefficient (Wildman–Crippen LogP) is 4.96. The van der Waals surface area contributed by atoms with Crippen LogP contribution in [-0.4, -0.2) is 24.1 Å². The van der Waals surface area contributed by atoms with Gasteiger partial charge in [0, 0.05) is 12.2 Å². The maximum atomic E-state index is 11.9. The van der Waals surface area contributed by atoms with Gasteiger partial charge in [0.1, 0.15) is 12.2 Å². The molecular weight excluding hydrogens is 316 g/mol. The van der Waals surface area contributed by atoms with Crippen molar-refractivity contribution in [3.8, 4) is 0 Å². The van der Waals surface area contributed by atoms with Gasteiger partial charge in [-0.1, -0.05) is 33.6 Å². The Kier molecular flexibility index (Phi) is 7.52. The maximum absolute atomic E-state index is 11.9. The third-order valence-corrected chi connectivity index (χ3v) is 6.16. The lowest BCUT2D eigenvalue weighted by atomic mass is 9.69. The molecule has 0 aliphatic heterocycles. The number of ether oxygens (including phenoxy) is 2. The zero-order valence-electron chi connectivity index (χ0n) is 16.1. The van der Waals surface area contributed by atoms with Crippen molar-refractivity contribution in [2.75, 3.05) is 0 Å². The van der Waals surface area contributed by atoms with Crippen LogP contribution in [0.5, 0.6) is 0 Å². The van der Waals surface area contributed by atoms with Gasteiger partial charge in [0.25, 0.3) is 0 Å². The summed E-state index contributed by atoms with van der Waals surface area (Å²) in [6, 6.07) is 0. The van der Waals surface area contributed by atoms with Gasteiger partial charge in [-0.2, -0.15) is 0 Å². The van der Waals surface area contributed by atoms with Crippen molar-refractivity contribution in [1.82, 2.24) is 0 Å². The quantitative estimate of drug-likeness (QED) is 0.502. The normalized spacial score (nSPS) is 25.7. The third-order valence-electron chi connectivity index (χ3n) is 6.16. The minimum atomic E-state index is -0.433. The lowest BCUT2D eigenvalue weighted by molar-refractivity contribution is -0.147. The van der Waals surface area contributed by atoms with Gasteiger partial charge in [-0.05, 0) is 62.7 Å². The van der Waals surface area contributed by atoms with Gasteiger partial charge in [-0.3, -0.25) is 0 Å². The highest BCUT2D eigenvalue weighted by molar-refractivity contribution is 5.91. The highest BCUT2D eigenvalue weighted by atomic mass is 16.5. The van der Waals surface area contributed by atoms with Crippen LogP contribution in [0.3, 0.4) is 0 Å². The molecule has 0 amide bonds. The summed E-state index contributed by atoms with van der Waals surface area (Å²) in [7, 11) is 0. The predicted molar refractivity (Wildman–Crippen MR) is 98.0 cm³/mol. The van der Waals surface area contributed by atoms with E-state index in [1.165, 1.54) is 25.0 Å². The van der Waals surface area contributed by atoms with Gasteiger partial charge in [-0.15, -0.1) is 0 Å². The number of carbonyl (C=O) groups excluding carboxylic acids is 2. The van der Waals surface area contributed by atoms with Crippen LogP contribution >= 0.6 is 0 Å². The number of hydrogen-bond donors (Lipinski definition) is 0.